The highest BCUT2D eigenvalue weighted by molar-refractivity contribution is 5.86. The van der Waals surface area contributed by atoms with Crippen molar-refractivity contribution in [3.8, 4) is 11.5 Å². The van der Waals surface area contributed by atoms with Crippen LogP contribution in [0.4, 0.5) is 0 Å². The van der Waals surface area contributed by atoms with Crippen molar-refractivity contribution in [2.45, 2.75) is 26.3 Å². The molecule has 0 spiro atoms. The SMILES string of the molecule is CCNC(=NCc1ccc(Oc2ccccc2)cc1)NCC(=O)N1CCCC1. The van der Waals surface area contributed by atoms with Gasteiger partial charge in [0.15, 0.2) is 5.96 Å². The van der Waals surface area contributed by atoms with Crippen molar-refractivity contribution in [3.63, 3.8) is 0 Å². The van der Waals surface area contributed by atoms with E-state index in [2.05, 4.69) is 15.6 Å². The number of hydrogen-bond acceptors (Lipinski definition) is 3. The Morgan fingerprint density at radius 2 is 1.68 bits per heavy atom. The van der Waals surface area contributed by atoms with Crippen molar-refractivity contribution >= 4 is 11.9 Å². The second kappa shape index (κ2) is 10.3. The smallest absolute Gasteiger partial charge is 0.241 e. The van der Waals surface area contributed by atoms with E-state index < -0.39 is 0 Å². The molecule has 0 bridgehead atoms. The molecule has 1 aliphatic rings. The fourth-order valence-electron chi connectivity index (χ4n) is 3.04. The molecule has 2 N–H and O–H groups in total. The molecule has 1 fully saturated rings. The molecule has 28 heavy (non-hydrogen) atoms. The minimum absolute atomic E-state index is 0.130. The number of rotatable bonds is 7. The van der Waals surface area contributed by atoms with Crippen molar-refractivity contribution in [3.05, 3.63) is 60.2 Å². The van der Waals surface area contributed by atoms with Gasteiger partial charge in [-0.1, -0.05) is 30.3 Å². The van der Waals surface area contributed by atoms with E-state index in [1.54, 1.807) is 0 Å². The largest absolute Gasteiger partial charge is 0.457 e. The van der Waals surface area contributed by atoms with E-state index in [0.29, 0.717) is 12.5 Å². The van der Waals surface area contributed by atoms with Gasteiger partial charge in [0.2, 0.25) is 5.91 Å². The zero-order valence-corrected chi connectivity index (χ0v) is 16.4. The maximum atomic E-state index is 12.2. The molecule has 0 radical (unpaired) electrons. The molecule has 0 aromatic heterocycles. The summed E-state index contributed by atoms with van der Waals surface area (Å²) in [5, 5.41) is 6.32. The van der Waals surface area contributed by atoms with Crippen molar-refractivity contribution in [1.82, 2.24) is 15.5 Å². The predicted octanol–water partition coefficient (Wildman–Crippen LogP) is 3.16. The Hall–Kier alpha value is -3.02. The Kier molecular flexibility index (Phi) is 7.29. The second-order valence-electron chi connectivity index (χ2n) is 6.70. The number of likely N-dealkylation sites (tertiary alicyclic amines) is 1. The van der Waals surface area contributed by atoms with Gasteiger partial charge in [-0.25, -0.2) is 4.99 Å². The third kappa shape index (κ3) is 6.01. The predicted molar refractivity (Wildman–Crippen MR) is 112 cm³/mol. The van der Waals surface area contributed by atoms with Gasteiger partial charge < -0.3 is 20.3 Å². The van der Waals surface area contributed by atoms with Crippen LogP contribution in [0.15, 0.2) is 59.6 Å². The number of aliphatic imine (C=N–C) groups is 1. The van der Waals surface area contributed by atoms with E-state index >= 15 is 0 Å². The molecule has 0 saturated carbocycles. The lowest BCUT2D eigenvalue weighted by Gasteiger charge is -2.17. The van der Waals surface area contributed by atoms with Crippen LogP contribution in [-0.2, 0) is 11.3 Å². The number of benzene rings is 2. The molecule has 0 atom stereocenters. The summed E-state index contributed by atoms with van der Waals surface area (Å²) in [6.45, 7) is 5.29. The maximum Gasteiger partial charge on any atom is 0.241 e. The number of hydrogen-bond donors (Lipinski definition) is 2. The Balaban J connectivity index is 1.52. The highest BCUT2D eigenvalue weighted by atomic mass is 16.5. The summed E-state index contributed by atoms with van der Waals surface area (Å²) in [4.78, 5) is 18.7. The fourth-order valence-corrected chi connectivity index (χ4v) is 3.04. The number of nitrogens with zero attached hydrogens (tertiary/aromatic N) is 2. The molecule has 3 rings (SSSR count). The first kappa shape index (κ1) is 19.7. The lowest BCUT2D eigenvalue weighted by molar-refractivity contribution is -0.128. The topological polar surface area (TPSA) is 66.0 Å². The number of amides is 1. The van der Waals surface area contributed by atoms with Crippen LogP contribution in [0.1, 0.15) is 25.3 Å². The van der Waals surface area contributed by atoms with Gasteiger partial charge in [0, 0.05) is 19.6 Å². The Bertz CT molecular complexity index is 769. The average molecular weight is 380 g/mol. The van der Waals surface area contributed by atoms with E-state index in [1.807, 2.05) is 66.4 Å². The normalized spacial score (nSPS) is 14.0. The second-order valence-corrected chi connectivity index (χ2v) is 6.70. The minimum atomic E-state index is 0.130. The van der Waals surface area contributed by atoms with Crippen LogP contribution in [0, 0.1) is 0 Å². The molecular weight excluding hydrogens is 352 g/mol. The summed E-state index contributed by atoms with van der Waals surface area (Å²) in [6, 6.07) is 17.6. The third-order valence-corrected chi connectivity index (χ3v) is 4.53. The first-order chi connectivity index (χ1) is 13.7. The highest BCUT2D eigenvalue weighted by Gasteiger charge is 2.17. The summed E-state index contributed by atoms with van der Waals surface area (Å²) in [5.41, 5.74) is 1.07. The quantitative estimate of drug-likeness (QED) is 0.572. The van der Waals surface area contributed by atoms with Crippen molar-refractivity contribution in [1.29, 1.82) is 0 Å². The van der Waals surface area contributed by atoms with Crippen LogP contribution in [0.25, 0.3) is 0 Å². The zero-order chi connectivity index (χ0) is 19.6. The van der Waals surface area contributed by atoms with Gasteiger partial charge in [-0.15, -0.1) is 0 Å². The molecule has 148 valence electrons. The van der Waals surface area contributed by atoms with E-state index in [-0.39, 0.29) is 12.5 Å². The monoisotopic (exact) mass is 380 g/mol. The van der Waals surface area contributed by atoms with Crippen LogP contribution < -0.4 is 15.4 Å². The van der Waals surface area contributed by atoms with Gasteiger partial charge in [0.25, 0.3) is 0 Å². The lowest BCUT2D eigenvalue weighted by atomic mass is 10.2. The maximum absolute atomic E-state index is 12.2. The van der Waals surface area contributed by atoms with E-state index in [4.69, 9.17) is 4.74 Å². The van der Waals surface area contributed by atoms with Gasteiger partial charge in [0.1, 0.15) is 11.5 Å². The van der Waals surface area contributed by atoms with Crippen LogP contribution in [-0.4, -0.2) is 42.9 Å². The van der Waals surface area contributed by atoms with Gasteiger partial charge in [-0.05, 0) is 49.6 Å². The van der Waals surface area contributed by atoms with Crippen molar-refractivity contribution in [2.24, 2.45) is 4.99 Å². The summed E-state index contributed by atoms with van der Waals surface area (Å²) in [5.74, 6) is 2.39. The molecule has 2 aromatic rings. The van der Waals surface area contributed by atoms with Gasteiger partial charge >= 0.3 is 0 Å². The number of nitrogens with one attached hydrogen (secondary N) is 2. The summed E-state index contributed by atoms with van der Waals surface area (Å²) in [6.07, 6.45) is 2.20. The fraction of sp³-hybridized carbons (Fsp3) is 0.364. The van der Waals surface area contributed by atoms with Crippen LogP contribution in [0.2, 0.25) is 0 Å². The number of guanidine groups is 1. The third-order valence-electron chi connectivity index (χ3n) is 4.53. The molecule has 2 aromatic carbocycles. The molecule has 1 amide bonds. The van der Waals surface area contributed by atoms with Crippen molar-refractivity contribution in [2.75, 3.05) is 26.2 Å². The Labute approximate surface area is 166 Å². The number of ether oxygens (including phenoxy) is 1. The highest BCUT2D eigenvalue weighted by Crippen LogP contribution is 2.21. The molecule has 0 aliphatic carbocycles. The molecular formula is C22H28N4O2. The Morgan fingerprint density at radius 1 is 1.00 bits per heavy atom. The molecule has 1 heterocycles. The molecule has 1 aliphatic heterocycles. The summed E-state index contributed by atoms with van der Waals surface area (Å²) in [7, 11) is 0. The first-order valence-corrected chi connectivity index (χ1v) is 9.86. The van der Waals surface area contributed by atoms with Crippen LogP contribution in [0.5, 0.6) is 11.5 Å². The number of para-hydroxylation sites is 1. The Morgan fingerprint density at radius 3 is 2.36 bits per heavy atom. The molecule has 6 nitrogen and oxygen atoms in total. The van der Waals surface area contributed by atoms with E-state index in [0.717, 1.165) is 49.5 Å². The standard InChI is InChI=1S/C22H28N4O2/c1-2-23-22(25-17-21(27)26-14-6-7-15-26)24-16-18-10-12-20(13-11-18)28-19-8-4-3-5-9-19/h3-5,8-13H,2,6-7,14-17H2,1H3,(H2,23,24,25). The minimum Gasteiger partial charge on any atom is -0.457 e. The summed E-state index contributed by atoms with van der Waals surface area (Å²) < 4.78 is 5.81. The number of carbonyl (C=O) groups excluding carboxylic acids is 1. The summed E-state index contributed by atoms with van der Waals surface area (Å²) >= 11 is 0. The van der Waals surface area contributed by atoms with Gasteiger partial charge in [-0.3, -0.25) is 4.79 Å². The first-order valence-electron chi connectivity index (χ1n) is 9.86. The number of carbonyl (C=O) groups is 1. The lowest BCUT2D eigenvalue weighted by Crippen LogP contribution is -2.44. The molecule has 1 saturated heterocycles. The van der Waals surface area contributed by atoms with Gasteiger partial charge in [0.05, 0.1) is 13.1 Å². The average Bonchev–Trinajstić information content (AvgIpc) is 3.27. The van der Waals surface area contributed by atoms with E-state index in [9.17, 15) is 4.79 Å². The van der Waals surface area contributed by atoms with Gasteiger partial charge in [-0.2, -0.15) is 0 Å². The molecule has 6 heteroatoms. The van der Waals surface area contributed by atoms with Crippen LogP contribution >= 0.6 is 0 Å². The van der Waals surface area contributed by atoms with Crippen molar-refractivity contribution < 1.29 is 9.53 Å². The van der Waals surface area contributed by atoms with Crippen LogP contribution in [0.3, 0.4) is 0 Å². The van der Waals surface area contributed by atoms with E-state index in [1.165, 1.54) is 0 Å². The zero-order valence-electron chi connectivity index (χ0n) is 16.4. The molecule has 0 unspecified atom stereocenters.